The van der Waals surface area contributed by atoms with E-state index in [0.717, 1.165) is 12.0 Å². The van der Waals surface area contributed by atoms with E-state index in [-0.39, 0.29) is 5.82 Å². The summed E-state index contributed by atoms with van der Waals surface area (Å²) in [5.41, 5.74) is 6.87. The minimum atomic E-state index is -0.186. The second kappa shape index (κ2) is 5.11. The van der Waals surface area contributed by atoms with Crippen LogP contribution in [-0.2, 0) is 0 Å². The number of halogens is 1. The van der Waals surface area contributed by atoms with Gasteiger partial charge >= 0.3 is 0 Å². The van der Waals surface area contributed by atoms with Crippen LogP contribution in [0.3, 0.4) is 0 Å². The third-order valence-electron chi connectivity index (χ3n) is 2.88. The Kier molecular flexibility index (Phi) is 4.08. The van der Waals surface area contributed by atoms with Crippen LogP contribution in [0, 0.1) is 11.7 Å². The third-order valence-corrected chi connectivity index (χ3v) is 2.88. The first kappa shape index (κ1) is 11.2. The van der Waals surface area contributed by atoms with E-state index < -0.39 is 0 Å². The number of nitrogens with two attached hydrogens (primary N) is 1. The molecule has 78 valence electrons. The van der Waals surface area contributed by atoms with Gasteiger partial charge in [0, 0.05) is 0 Å². The van der Waals surface area contributed by atoms with Gasteiger partial charge in [-0.3, -0.25) is 0 Å². The predicted octanol–water partition coefficient (Wildman–Crippen LogP) is 2.91. The van der Waals surface area contributed by atoms with Crippen LogP contribution in [0.15, 0.2) is 24.3 Å². The average molecular weight is 195 g/mol. The second-order valence-electron chi connectivity index (χ2n) is 3.78. The first-order valence-corrected chi connectivity index (χ1v) is 5.14. The molecule has 0 aliphatic rings. The van der Waals surface area contributed by atoms with Gasteiger partial charge in [0.1, 0.15) is 5.82 Å². The van der Waals surface area contributed by atoms with Crippen LogP contribution in [0.5, 0.6) is 0 Å². The average Bonchev–Trinajstić information content (AvgIpc) is 2.21. The standard InChI is InChI=1S/C12H18FN/c1-3-9(2)12(8-14)10-4-6-11(13)7-5-10/h4-7,9,12H,3,8,14H2,1-2H3. The molecule has 2 atom stereocenters. The van der Waals surface area contributed by atoms with Crippen LogP contribution in [0.4, 0.5) is 4.39 Å². The number of benzene rings is 1. The molecule has 1 aromatic rings. The molecule has 0 saturated carbocycles. The summed E-state index contributed by atoms with van der Waals surface area (Å²) in [6, 6.07) is 6.67. The monoisotopic (exact) mass is 195 g/mol. The van der Waals surface area contributed by atoms with Crippen molar-refractivity contribution in [3.63, 3.8) is 0 Å². The molecular formula is C12H18FN. The molecule has 2 unspecified atom stereocenters. The lowest BCUT2D eigenvalue weighted by Gasteiger charge is -2.21. The van der Waals surface area contributed by atoms with E-state index in [1.54, 1.807) is 0 Å². The molecule has 0 amide bonds. The Morgan fingerprint density at radius 2 is 1.86 bits per heavy atom. The van der Waals surface area contributed by atoms with Gasteiger partial charge in [0.2, 0.25) is 0 Å². The maximum absolute atomic E-state index is 12.7. The lowest BCUT2D eigenvalue weighted by molar-refractivity contribution is 0.451. The molecule has 0 bridgehead atoms. The van der Waals surface area contributed by atoms with Gasteiger partial charge in [-0.15, -0.1) is 0 Å². The Hall–Kier alpha value is -0.890. The summed E-state index contributed by atoms with van der Waals surface area (Å²) < 4.78 is 12.7. The van der Waals surface area contributed by atoms with Crippen molar-refractivity contribution in [1.82, 2.24) is 0 Å². The fourth-order valence-electron chi connectivity index (χ4n) is 1.69. The molecule has 0 aliphatic carbocycles. The molecule has 1 nitrogen and oxygen atoms in total. The molecule has 2 N–H and O–H groups in total. The molecule has 14 heavy (non-hydrogen) atoms. The quantitative estimate of drug-likeness (QED) is 0.785. The fourth-order valence-corrected chi connectivity index (χ4v) is 1.69. The minimum absolute atomic E-state index is 0.186. The number of hydrogen-bond donors (Lipinski definition) is 1. The third kappa shape index (κ3) is 2.55. The normalized spacial score (nSPS) is 15.1. The summed E-state index contributed by atoms with van der Waals surface area (Å²) >= 11 is 0. The van der Waals surface area contributed by atoms with E-state index in [4.69, 9.17) is 5.73 Å². The molecule has 0 aromatic heterocycles. The first-order valence-electron chi connectivity index (χ1n) is 5.14. The SMILES string of the molecule is CCC(C)C(CN)c1ccc(F)cc1. The van der Waals surface area contributed by atoms with Crippen molar-refractivity contribution in [2.45, 2.75) is 26.2 Å². The zero-order valence-electron chi connectivity index (χ0n) is 8.83. The molecule has 0 saturated heterocycles. The maximum Gasteiger partial charge on any atom is 0.123 e. The van der Waals surface area contributed by atoms with Crippen LogP contribution in [0.1, 0.15) is 31.7 Å². The van der Waals surface area contributed by atoms with Crippen LogP contribution >= 0.6 is 0 Å². The van der Waals surface area contributed by atoms with Crippen LogP contribution in [-0.4, -0.2) is 6.54 Å². The van der Waals surface area contributed by atoms with Gasteiger partial charge in [-0.1, -0.05) is 32.4 Å². The molecule has 0 heterocycles. The summed E-state index contributed by atoms with van der Waals surface area (Å²) in [6.07, 6.45) is 1.10. The van der Waals surface area contributed by atoms with Gasteiger partial charge in [-0.05, 0) is 36.1 Å². The Morgan fingerprint density at radius 3 is 2.29 bits per heavy atom. The van der Waals surface area contributed by atoms with Crippen molar-refractivity contribution < 1.29 is 4.39 Å². The van der Waals surface area contributed by atoms with E-state index in [1.807, 2.05) is 12.1 Å². The van der Waals surface area contributed by atoms with Gasteiger partial charge in [0.05, 0.1) is 0 Å². The van der Waals surface area contributed by atoms with Crippen molar-refractivity contribution in [3.05, 3.63) is 35.6 Å². The van der Waals surface area contributed by atoms with Gasteiger partial charge < -0.3 is 5.73 Å². The summed E-state index contributed by atoms with van der Waals surface area (Å²) in [7, 11) is 0. The molecule has 2 heteroatoms. The van der Waals surface area contributed by atoms with E-state index >= 15 is 0 Å². The van der Waals surface area contributed by atoms with Crippen molar-refractivity contribution >= 4 is 0 Å². The molecular weight excluding hydrogens is 177 g/mol. The summed E-state index contributed by atoms with van der Waals surface area (Å²) in [5.74, 6) is 0.708. The van der Waals surface area contributed by atoms with Crippen molar-refractivity contribution in [2.75, 3.05) is 6.54 Å². The van der Waals surface area contributed by atoms with Crippen LogP contribution < -0.4 is 5.73 Å². The van der Waals surface area contributed by atoms with Crippen LogP contribution in [0.2, 0.25) is 0 Å². The largest absolute Gasteiger partial charge is 0.330 e. The lowest BCUT2D eigenvalue weighted by Crippen LogP contribution is -2.19. The smallest absolute Gasteiger partial charge is 0.123 e. The topological polar surface area (TPSA) is 26.0 Å². The van der Waals surface area contributed by atoms with E-state index in [2.05, 4.69) is 13.8 Å². The Labute approximate surface area is 85.1 Å². The minimum Gasteiger partial charge on any atom is -0.330 e. The summed E-state index contributed by atoms with van der Waals surface area (Å²) in [5, 5.41) is 0. The fraction of sp³-hybridized carbons (Fsp3) is 0.500. The second-order valence-corrected chi connectivity index (χ2v) is 3.78. The highest BCUT2D eigenvalue weighted by Gasteiger charge is 2.15. The van der Waals surface area contributed by atoms with Gasteiger partial charge in [0.15, 0.2) is 0 Å². The van der Waals surface area contributed by atoms with E-state index in [1.165, 1.54) is 12.1 Å². The zero-order valence-corrected chi connectivity index (χ0v) is 8.83. The Morgan fingerprint density at radius 1 is 1.29 bits per heavy atom. The van der Waals surface area contributed by atoms with Crippen molar-refractivity contribution in [1.29, 1.82) is 0 Å². The highest BCUT2D eigenvalue weighted by atomic mass is 19.1. The molecule has 0 radical (unpaired) electrons. The molecule has 0 fully saturated rings. The van der Waals surface area contributed by atoms with Gasteiger partial charge in [-0.25, -0.2) is 4.39 Å². The molecule has 1 rings (SSSR count). The lowest BCUT2D eigenvalue weighted by atomic mass is 9.86. The summed E-state index contributed by atoms with van der Waals surface area (Å²) in [4.78, 5) is 0. The predicted molar refractivity (Wildman–Crippen MR) is 57.7 cm³/mol. The summed E-state index contributed by atoms with van der Waals surface area (Å²) in [6.45, 7) is 4.96. The van der Waals surface area contributed by atoms with Crippen molar-refractivity contribution in [3.8, 4) is 0 Å². The van der Waals surface area contributed by atoms with Gasteiger partial charge in [-0.2, -0.15) is 0 Å². The van der Waals surface area contributed by atoms with E-state index in [9.17, 15) is 4.39 Å². The van der Waals surface area contributed by atoms with Crippen molar-refractivity contribution in [2.24, 2.45) is 11.7 Å². The number of rotatable bonds is 4. The first-order chi connectivity index (χ1) is 6.69. The Bertz CT molecular complexity index is 268. The zero-order chi connectivity index (χ0) is 10.6. The van der Waals surface area contributed by atoms with E-state index in [0.29, 0.717) is 18.4 Å². The highest BCUT2D eigenvalue weighted by molar-refractivity contribution is 5.21. The van der Waals surface area contributed by atoms with Gasteiger partial charge in [0.25, 0.3) is 0 Å². The van der Waals surface area contributed by atoms with Crippen LogP contribution in [0.25, 0.3) is 0 Å². The number of hydrogen-bond acceptors (Lipinski definition) is 1. The molecule has 0 aliphatic heterocycles. The highest BCUT2D eigenvalue weighted by Crippen LogP contribution is 2.25. The molecule has 1 aromatic carbocycles. The maximum atomic E-state index is 12.7. The Balaban J connectivity index is 2.84. The molecule has 0 spiro atoms.